The number of aliphatic hydroxyl groups is 1. The molecule has 21 heavy (non-hydrogen) atoms. The van der Waals surface area contributed by atoms with E-state index < -0.39 is 10.0 Å². The molecule has 1 aromatic carbocycles. The van der Waals surface area contributed by atoms with Gasteiger partial charge in [0.15, 0.2) is 0 Å². The molecule has 114 valence electrons. The third-order valence-electron chi connectivity index (χ3n) is 3.56. The quantitative estimate of drug-likeness (QED) is 0.879. The van der Waals surface area contributed by atoms with Crippen molar-refractivity contribution in [3.63, 3.8) is 0 Å². The van der Waals surface area contributed by atoms with Crippen LogP contribution in [0.4, 0.5) is 0 Å². The summed E-state index contributed by atoms with van der Waals surface area (Å²) in [5.41, 5.74) is 0. The van der Waals surface area contributed by atoms with Crippen molar-refractivity contribution in [1.82, 2.24) is 4.72 Å². The maximum absolute atomic E-state index is 12.6. The van der Waals surface area contributed by atoms with Crippen LogP contribution in [0.1, 0.15) is 17.7 Å². The summed E-state index contributed by atoms with van der Waals surface area (Å²) in [6.45, 7) is 0.683. The lowest BCUT2D eigenvalue weighted by Gasteiger charge is -2.12. The van der Waals surface area contributed by atoms with Crippen LogP contribution in [0.25, 0.3) is 10.1 Å². The topological polar surface area (TPSA) is 75.6 Å². The van der Waals surface area contributed by atoms with Crippen molar-refractivity contribution in [1.29, 1.82) is 0 Å². The van der Waals surface area contributed by atoms with E-state index in [1.54, 1.807) is 12.1 Å². The SMILES string of the molecule is O=S(=O)(NCC1CCCO1)c1c(CO)sc2ccccc12. The van der Waals surface area contributed by atoms with Gasteiger partial charge < -0.3 is 9.84 Å². The molecule has 0 amide bonds. The van der Waals surface area contributed by atoms with E-state index in [9.17, 15) is 13.5 Å². The number of fused-ring (bicyclic) bond motifs is 1. The van der Waals surface area contributed by atoms with Crippen molar-refractivity contribution < 1.29 is 18.3 Å². The Hall–Kier alpha value is -0.990. The first-order valence-electron chi connectivity index (χ1n) is 6.84. The van der Waals surface area contributed by atoms with Gasteiger partial charge in [0, 0.05) is 23.2 Å². The van der Waals surface area contributed by atoms with Gasteiger partial charge >= 0.3 is 0 Å². The van der Waals surface area contributed by atoms with Crippen LogP contribution in [0.15, 0.2) is 29.2 Å². The first-order valence-corrected chi connectivity index (χ1v) is 9.14. The molecule has 0 bridgehead atoms. The van der Waals surface area contributed by atoms with E-state index in [1.807, 2.05) is 12.1 Å². The first kappa shape index (κ1) is 14.9. The van der Waals surface area contributed by atoms with Crippen molar-refractivity contribution in [2.75, 3.05) is 13.2 Å². The number of aliphatic hydroxyl groups excluding tert-OH is 1. The van der Waals surface area contributed by atoms with Gasteiger partial charge in [0.2, 0.25) is 10.0 Å². The van der Waals surface area contributed by atoms with Crippen molar-refractivity contribution in [3.8, 4) is 0 Å². The molecule has 1 aromatic heterocycles. The molecule has 1 aliphatic heterocycles. The lowest BCUT2D eigenvalue weighted by Crippen LogP contribution is -2.32. The Morgan fingerprint density at radius 1 is 1.38 bits per heavy atom. The van der Waals surface area contributed by atoms with Crippen LogP contribution in [0, 0.1) is 0 Å². The van der Waals surface area contributed by atoms with Crippen LogP contribution in [-0.4, -0.2) is 32.8 Å². The highest BCUT2D eigenvalue weighted by atomic mass is 32.2. The van der Waals surface area contributed by atoms with Crippen LogP contribution in [0.3, 0.4) is 0 Å². The predicted molar refractivity (Wildman–Crippen MR) is 81.9 cm³/mol. The molecule has 1 saturated heterocycles. The van der Waals surface area contributed by atoms with E-state index in [1.165, 1.54) is 11.3 Å². The minimum Gasteiger partial charge on any atom is -0.391 e. The third-order valence-corrected chi connectivity index (χ3v) is 6.39. The van der Waals surface area contributed by atoms with Crippen LogP contribution >= 0.6 is 11.3 Å². The van der Waals surface area contributed by atoms with E-state index in [4.69, 9.17) is 4.74 Å². The van der Waals surface area contributed by atoms with E-state index in [0.717, 1.165) is 17.5 Å². The number of hydrogen-bond donors (Lipinski definition) is 2. The van der Waals surface area contributed by atoms with Crippen LogP contribution < -0.4 is 4.72 Å². The Balaban J connectivity index is 1.93. The number of benzene rings is 1. The van der Waals surface area contributed by atoms with Gasteiger partial charge in [-0.1, -0.05) is 18.2 Å². The molecular weight excluding hydrogens is 310 g/mol. The second-order valence-corrected chi connectivity index (χ2v) is 7.84. The zero-order valence-corrected chi connectivity index (χ0v) is 13.0. The van der Waals surface area contributed by atoms with Gasteiger partial charge in [0.1, 0.15) is 4.90 Å². The molecule has 7 heteroatoms. The molecule has 3 rings (SSSR count). The molecule has 1 fully saturated rings. The molecule has 1 unspecified atom stereocenters. The molecule has 0 spiro atoms. The highest BCUT2D eigenvalue weighted by Gasteiger charge is 2.26. The summed E-state index contributed by atoms with van der Waals surface area (Å²) in [4.78, 5) is 0.666. The van der Waals surface area contributed by atoms with E-state index in [0.29, 0.717) is 16.9 Å². The van der Waals surface area contributed by atoms with Crippen molar-refractivity contribution in [2.45, 2.75) is 30.4 Å². The average molecular weight is 327 g/mol. The molecule has 2 aromatic rings. The number of sulfonamides is 1. The molecule has 2 heterocycles. The van der Waals surface area contributed by atoms with Gasteiger partial charge in [-0.2, -0.15) is 0 Å². The normalized spacial score (nSPS) is 19.4. The van der Waals surface area contributed by atoms with Gasteiger partial charge in [-0.25, -0.2) is 13.1 Å². The van der Waals surface area contributed by atoms with Gasteiger partial charge in [0.25, 0.3) is 0 Å². The number of nitrogens with one attached hydrogen (secondary N) is 1. The van der Waals surface area contributed by atoms with Gasteiger partial charge in [-0.3, -0.25) is 0 Å². The Morgan fingerprint density at radius 2 is 2.19 bits per heavy atom. The molecular formula is C14H17NO4S2. The van der Waals surface area contributed by atoms with E-state index in [-0.39, 0.29) is 24.2 Å². The van der Waals surface area contributed by atoms with Crippen molar-refractivity contribution >= 4 is 31.4 Å². The van der Waals surface area contributed by atoms with Crippen molar-refractivity contribution in [2.24, 2.45) is 0 Å². The number of rotatable bonds is 5. The minimum absolute atomic E-state index is 0.0535. The van der Waals surface area contributed by atoms with E-state index >= 15 is 0 Å². The number of ether oxygens (including phenoxy) is 1. The minimum atomic E-state index is -3.65. The summed E-state index contributed by atoms with van der Waals surface area (Å²) >= 11 is 1.31. The van der Waals surface area contributed by atoms with Gasteiger partial charge in [-0.05, 0) is 18.9 Å². The van der Waals surface area contributed by atoms with Crippen LogP contribution in [0.5, 0.6) is 0 Å². The summed E-state index contributed by atoms with van der Waals surface area (Å²) in [5, 5.41) is 10.1. The standard InChI is InChI=1S/C14H17NO4S2/c16-9-13-14(11-5-1-2-6-12(11)20-13)21(17,18)15-8-10-4-3-7-19-10/h1-2,5-6,10,15-16H,3-4,7-9H2. The zero-order chi connectivity index (χ0) is 14.9. The molecule has 0 saturated carbocycles. The van der Waals surface area contributed by atoms with Crippen LogP contribution in [0.2, 0.25) is 0 Å². The summed E-state index contributed by atoms with van der Waals surface area (Å²) < 4.78 is 34.1. The van der Waals surface area contributed by atoms with Crippen molar-refractivity contribution in [3.05, 3.63) is 29.1 Å². The second kappa shape index (κ2) is 6.02. The second-order valence-electron chi connectivity index (χ2n) is 5.00. The molecule has 1 atom stereocenters. The van der Waals surface area contributed by atoms with Gasteiger partial charge in [0.05, 0.1) is 17.6 Å². The summed E-state index contributed by atoms with van der Waals surface area (Å²) in [6.07, 6.45) is 1.79. The third kappa shape index (κ3) is 2.97. The first-order chi connectivity index (χ1) is 10.1. The largest absolute Gasteiger partial charge is 0.391 e. The lowest BCUT2D eigenvalue weighted by atomic mass is 10.2. The summed E-state index contributed by atoms with van der Waals surface area (Å²) in [7, 11) is -3.65. The molecule has 2 N–H and O–H groups in total. The highest BCUT2D eigenvalue weighted by Crippen LogP contribution is 2.34. The number of hydrogen-bond acceptors (Lipinski definition) is 5. The molecule has 5 nitrogen and oxygen atoms in total. The van der Waals surface area contributed by atoms with Gasteiger partial charge in [-0.15, -0.1) is 11.3 Å². The molecule has 1 aliphatic rings. The Kier molecular flexibility index (Phi) is 4.28. The fourth-order valence-electron chi connectivity index (χ4n) is 2.55. The Morgan fingerprint density at radius 3 is 2.90 bits per heavy atom. The number of thiophene rings is 1. The Bertz CT molecular complexity index is 733. The molecule has 0 radical (unpaired) electrons. The fraction of sp³-hybridized carbons (Fsp3) is 0.429. The monoisotopic (exact) mass is 327 g/mol. The van der Waals surface area contributed by atoms with E-state index in [2.05, 4.69) is 4.72 Å². The Labute approximate surface area is 127 Å². The lowest BCUT2D eigenvalue weighted by molar-refractivity contribution is 0.114. The summed E-state index contributed by atoms with van der Waals surface area (Å²) in [5.74, 6) is 0. The summed E-state index contributed by atoms with van der Waals surface area (Å²) in [6, 6.07) is 7.29. The maximum atomic E-state index is 12.6. The zero-order valence-electron chi connectivity index (χ0n) is 11.4. The predicted octanol–water partition coefficient (Wildman–Crippen LogP) is 1.85. The molecule has 0 aliphatic carbocycles. The average Bonchev–Trinajstić information content (AvgIpc) is 3.12. The van der Waals surface area contributed by atoms with Crippen LogP contribution in [-0.2, 0) is 21.4 Å². The highest BCUT2D eigenvalue weighted by molar-refractivity contribution is 7.90. The fourth-order valence-corrected chi connectivity index (χ4v) is 5.41. The maximum Gasteiger partial charge on any atom is 0.242 e. The smallest absolute Gasteiger partial charge is 0.242 e.